The van der Waals surface area contributed by atoms with Crippen LogP contribution in [0.2, 0.25) is 0 Å². The summed E-state index contributed by atoms with van der Waals surface area (Å²) in [4.78, 5) is 5.86. The van der Waals surface area contributed by atoms with Crippen molar-refractivity contribution in [3.05, 3.63) is 47.5 Å². The van der Waals surface area contributed by atoms with Gasteiger partial charge in [0.1, 0.15) is 5.83 Å². The average Bonchev–Trinajstić information content (AvgIpc) is 2.78. The molecule has 0 spiro atoms. The number of pyridine rings is 1. The summed E-state index contributed by atoms with van der Waals surface area (Å²) in [5.74, 6) is -0.179. The first-order valence-electron chi connectivity index (χ1n) is 4.64. The van der Waals surface area contributed by atoms with Crippen LogP contribution in [-0.4, -0.2) is 4.98 Å². The van der Waals surface area contributed by atoms with Crippen molar-refractivity contribution in [3.63, 3.8) is 0 Å². The molecule has 0 bridgehead atoms. The predicted octanol–water partition coefficient (Wildman–Crippen LogP) is 4.14. The Morgan fingerprint density at radius 2 is 2.20 bits per heavy atom. The fraction of sp³-hybridized carbons (Fsp3) is 0.0833. The molecule has 3 heteroatoms. The number of hydrogen-bond acceptors (Lipinski definition) is 2. The zero-order valence-electron chi connectivity index (χ0n) is 8.27. The molecule has 0 aliphatic rings. The predicted molar refractivity (Wildman–Crippen MR) is 62.3 cm³/mol. The molecule has 0 aromatic carbocycles. The Morgan fingerprint density at radius 1 is 1.33 bits per heavy atom. The van der Waals surface area contributed by atoms with E-state index < -0.39 is 0 Å². The van der Waals surface area contributed by atoms with E-state index in [1.165, 1.54) is 17.4 Å². The van der Waals surface area contributed by atoms with Gasteiger partial charge in [-0.15, -0.1) is 11.3 Å². The smallest absolute Gasteiger partial charge is 0.136 e. The highest BCUT2D eigenvalue weighted by atomic mass is 32.1. The van der Waals surface area contributed by atoms with Crippen LogP contribution >= 0.6 is 11.3 Å². The van der Waals surface area contributed by atoms with Crippen molar-refractivity contribution in [3.8, 4) is 10.6 Å². The summed E-state index contributed by atoms with van der Waals surface area (Å²) in [6, 6.07) is 9.39. The van der Waals surface area contributed by atoms with Gasteiger partial charge in [-0.2, -0.15) is 0 Å². The van der Waals surface area contributed by atoms with E-state index >= 15 is 0 Å². The lowest BCUT2D eigenvalue weighted by atomic mass is 10.3. The van der Waals surface area contributed by atoms with Gasteiger partial charge in [0, 0.05) is 6.20 Å². The van der Waals surface area contributed by atoms with Crippen LogP contribution < -0.4 is 0 Å². The van der Waals surface area contributed by atoms with Gasteiger partial charge in [0.15, 0.2) is 0 Å². The molecule has 0 aliphatic carbocycles. The zero-order valence-corrected chi connectivity index (χ0v) is 9.09. The Hall–Kier alpha value is -1.48. The van der Waals surface area contributed by atoms with E-state index in [0.717, 1.165) is 10.6 Å². The normalized spacial score (nSPS) is 11.7. The molecule has 2 aromatic heterocycles. The molecule has 0 radical (unpaired) electrons. The lowest BCUT2D eigenvalue weighted by Gasteiger charge is -1.93. The SMILES string of the molecule is C/C=C(/F)c1ccc(-c2ccccn2)s1. The van der Waals surface area contributed by atoms with Gasteiger partial charge in [-0.05, 0) is 31.2 Å². The maximum atomic E-state index is 13.2. The number of nitrogens with zero attached hydrogens (tertiary/aromatic N) is 1. The van der Waals surface area contributed by atoms with E-state index in [-0.39, 0.29) is 5.83 Å². The van der Waals surface area contributed by atoms with Gasteiger partial charge in [0.05, 0.1) is 15.4 Å². The first kappa shape index (κ1) is 10.1. The molecule has 0 N–H and O–H groups in total. The number of thiophene rings is 1. The molecule has 2 aromatic rings. The first-order chi connectivity index (χ1) is 7.31. The number of allylic oxidation sites excluding steroid dienone is 1. The van der Waals surface area contributed by atoms with Gasteiger partial charge in [-0.3, -0.25) is 4.98 Å². The van der Waals surface area contributed by atoms with Crippen molar-refractivity contribution in [2.75, 3.05) is 0 Å². The van der Waals surface area contributed by atoms with Gasteiger partial charge in [0.25, 0.3) is 0 Å². The van der Waals surface area contributed by atoms with Gasteiger partial charge < -0.3 is 0 Å². The van der Waals surface area contributed by atoms with E-state index in [1.54, 1.807) is 19.2 Å². The maximum Gasteiger partial charge on any atom is 0.136 e. The lowest BCUT2D eigenvalue weighted by molar-refractivity contribution is 0.762. The van der Waals surface area contributed by atoms with Crippen molar-refractivity contribution in [2.45, 2.75) is 6.92 Å². The summed E-state index contributed by atoms with van der Waals surface area (Å²) in [6.45, 7) is 1.69. The number of rotatable bonds is 2. The molecule has 0 fully saturated rings. The molecule has 2 rings (SSSR count). The summed E-state index contributed by atoms with van der Waals surface area (Å²) < 4.78 is 13.2. The summed E-state index contributed by atoms with van der Waals surface area (Å²) in [5.41, 5.74) is 0.887. The molecule has 2 heterocycles. The standard InChI is InChI=1S/C12H10FNS/c1-2-9(13)11-6-7-12(15-11)10-5-3-4-8-14-10/h2-8H,1H3/b9-2+. The minimum absolute atomic E-state index is 0.179. The van der Waals surface area contributed by atoms with E-state index in [4.69, 9.17) is 0 Å². The van der Waals surface area contributed by atoms with Gasteiger partial charge >= 0.3 is 0 Å². The number of hydrogen-bond donors (Lipinski definition) is 0. The summed E-state index contributed by atoms with van der Waals surface area (Å²) in [5, 5.41) is 0. The van der Waals surface area contributed by atoms with Crippen molar-refractivity contribution in [1.82, 2.24) is 4.98 Å². The molecule has 0 atom stereocenters. The van der Waals surface area contributed by atoms with Crippen molar-refractivity contribution in [2.24, 2.45) is 0 Å². The molecule has 15 heavy (non-hydrogen) atoms. The summed E-state index contributed by atoms with van der Waals surface area (Å²) in [7, 11) is 0. The molecular weight excluding hydrogens is 209 g/mol. The van der Waals surface area contributed by atoms with Crippen LogP contribution in [0.25, 0.3) is 16.4 Å². The van der Waals surface area contributed by atoms with E-state index in [1.807, 2.05) is 24.3 Å². The Labute approximate surface area is 91.9 Å². The quantitative estimate of drug-likeness (QED) is 0.739. The summed E-state index contributed by atoms with van der Waals surface area (Å²) in [6.07, 6.45) is 3.20. The second-order valence-electron chi connectivity index (χ2n) is 3.02. The van der Waals surface area contributed by atoms with Crippen LogP contribution in [-0.2, 0) is 0 Å². The van der Waals surface area contributed by atoms with Crippen LogP contribution in [0, 0.1) is 0 Å². The third-order valence-corrected chi connectivity index (χ3v) is 3.13. The van der Waals surface area contributed by atoms with Crippen LogP contribution in [0.5, 0.6) is 0 Å². The maximum absolute atomic E-state index is 13.2. The van der Waals surface area contributed by atoms with Crippen molar-refractivity contribution < 1.29 is 4.39 Å². The van der Waals surface area contributed by atoms with Crippen molar-refractivity contribution in [1.29, 1.82) is 0 Å². The Morgan fingerprint density at radius 3 is 2.87 bits per heavy atom. The van der Waals surface area contributed by atoms with Crippen molar-refractivity contribution >= 4 is 17.2 Å². The molecule has 0 unspecified atom stereocenters. The monoisotopic (exact) mass is 219 g/mol. The Balaban J connectivity index is 2.36. The molecule has 76 valence electrons. The molecule has 0 aliphatic heterocycles. The molecule has 0 saturated carbocycles. The Kier molecular flexibility index (Phi) is 2.92. The minimum atomic E-state index is -0.179. The second kappa shape index (κ2) is 4.36. The molecule has 1 nitrogen and oxygen atoms in total. The van der Waals surface area contributed by atoms with E-state index in [0.29, 0.717) is 4.88 Å². The van der Waals surface area contributed by atoms with Crippen LogP contribution in [0.15, 0.2) is 42.6 Å². The Bertz CT molecular complexity index is 473. The average molecular weight is 219 g/mol. The molecular formula is C12H10FNS. The third kappa shape index (κ3) is 2.13. The number of halogens is 1. The first-order valence-corrected chi connectivity index (χ1v) is 5.46. The highest BCUT2D eigenvalue weighted by molar-refractivity contribution is 7.16. The van der Waals surface area contributed by atoms with Crippen LogP contribution in [0.4, 0.5) is 4.39 Å². The highest BCUT2D eigenvalue weighted by Crippen LogP contribution is 2.31. The van der Waals surface area contributed by atoms with Gasteiger partial charge in [-0.25, -0.2) is 4.39 Å². The third-order valence-electron chi connectivity index (χ3n) is 2.01. The minimum Gasteiger partial charge on any atom is -0.255 e. The van der Waals surface area contributed by atoms with Gasteiger partial charge in [0.2, 0.25) is 0 Å². The summed E-state index contributed by atoms with van der Waals surface area (Å²) >= 11 is 1.41. The largest absolute Gasteiger partial charge is 0.255 e. The zero-order chi connectivity index (χ0) is 10.7. The lowest BCUT2D eigenvalue weighted by Crippen LogP contribution is -1.75. The fourth-order valence-corrected chi connectivity index (χ4v) is 2.20. The van der Waals surface area contributed by atoms with Crippen LogP contribution in [0.3, 0.4) is 0 Å². The molecule has 0 amide bonds. The molecule has 0 saturated heterocycles. The highest BCUT2D eigenvalue weighted by Gasteiger charge is 2.06. The fourth-order valence-electron chi connectivity index (χ4n) is 1.25. The van der Waals surface area contributed by atoms with Gasteiger partial charge in [-0.1, -0.05) is 12.1 Å². The second-order valence-corrected chi connectivity index (χ2v) is 4.10. The number of aromatic nitrogens is 1. The van der Waals surface area contributed by atoms with E-state index in [2.05, 4.69) is 4.98 Å². The topological polar surface area (TPSA) is 12.9 Å². The van der Waals surface area contributed by atoms with E-state index in [9.17, 15) is 4.39 Å². The van der Waals surface area contributed by atoms with Crippen LogP contribution in [0.1, 0.15) is 11.8 Å².